The molecule has 9 heteroatoms. The first-order valence-corrected chi connectivity index (χ1v) is 17.6. The molecule has 2 heterocycles. The number of nitrogens with one attached hydrogen (secondary N) is 1. The molecule has 1 aromatic heterocycles. The van der Waals surface area contributed by atoms with Gasteiger partial charge in [0.25, 0.3) is 5.56 Å². The Hall–Kier alpha value is -2.23. The summed E-state index contributed by atoms with van der Waals surface area (Å²) >= 11 is 0. The normalized spacial score (nSPS) is 21.2. The maximum atomic E-state index is 12.6. The summed E-state index contributed by atoms with van der Waals surface area (Å²) < 4.78 is 20.1. The topological polar surface area (TPSA) is 82.5 Å². The largest absolute Gasteiger partial charge is 0.415 e. The minimum atomic E-state index is -1.84. The van der Waals surface area contributed by atoms with Gasteiger partial charge in [0.1, 0.15) is 17.9 Å². The van der Waals surface area contributed by atoms with E-state index in [9.17, 15) is 9.59 Å². The molecular weight excluding hydrogens is 440 g/mol. The van der Waals surface area contributed by atoms with E-state index in [2.05, 4.69) is 56.1 Å². The molecule has 0 unspecified atom stereocenters. The Bertz CT molecular complexity index is 1100. The van der Waals surface area contributed by atoms with Crippen LogP contribution in [0.1, 0.15) is 23.8 Å². The molecule has 1 N–H and O–H groups in total. The second kappa shape index (κ2) is 9.72. The highest BCUT2D eigenvalue weighted by molar-refractivity contribution is 6.70. The van der Waals surface area contributed by atoms with Crippen LogP contribution in [0, 0.1) is 11.8 Å². The number of benzene rings is 1. The van der Waals surface area contributed by atoms with Gasteiger partial charge in [-0.05, 0) is 51.4 Å². The summed E-state index contributed by atoms with van der Waals surface area (Å²) in [4.78, 5) is 27.3. The summed E-state index contributed by atoms with van der Waals surface area (Å²) in [5.41, 5.74) is -0.0413. The number of nitrogens with zero attached hydrogens (tertiary/aromatic N) is 1. The molecule has 7 nitrogen and oxygen atoms in total. The molecule has 0 aliphatic carbocycles. The van der Waals surface area contributed by atoms with Crippen molar-refractivity contribution >= 4 is 16.6 Å². The van der Waals surface area contributed by atoms with Gasteiger partial charge in [-0.1, -0.05) is 30.0 Å². The number of hydrogen-bond donors (Lipinski definition) is 1. The van der Waals surface area contributed by atoms with E-state index in [1.54, 1.807) is 0 Å². The van der Waals surface area contributed by atoms with Crippen molar-refractivity contribution < 1.29 is 13.6 Å². The lowest BCUT2D eigenvalue weighted by Crippen LogP contribution is -2.40. The SMILES string of the molecule is C[Si](C)(C)OC[C@H]1O[C@@H](n2cc(C#Cc3ccccc3)c(=O)[nH]c2=O)C[C@@H]1O[Si](C)(C)C. The molecule has 1 aliphatic heterocycles. The number of rotatable bonds is 6. The van der Waals surface area contributed by atoms with Gasteiger partial charge in [-0.25, -0.2) is 4.79 Å². The molecule has 3 rings (SSSR count). The van der Waals surface area contributed by atoms with Gasteiger partial charge in [0.05, 0.1) is 12.7 Å². The Morgan fingerprint density at radius 1 is 1.06 bits per heavy atom. The number of H-pyrrole nitrogens is 1. The van der Waals surface area contributed by atoms with Gasteiger partial charge >= 0.3 is 5.69 Å². The third-order valence-corrected chi connectivity index (χ3v) is 6.80. The highest BCUT2D eigenvalue weighted by atomic mass is 28.4. The predicted molar refractivity (Wildman–Crippen MR) is 130 cm³/mol. The van der Waals surface area contributed by atoms with Gasteiger partial charge in [-0.3, -0.25) is 14.3 Å². The average molecular weight is 473 g/mol. The molecular formula is C23H32N2O5Si2. The van der Waals surface area contributed by atoms with Crippen molar-refractivity contribution in [2.75, 3.05) is 6.61 Å². The number of aromatic nitrogens is 2. The first kappa shape index (κ1) is 24.4. The van der Waals surface area contributed by atoms with E-state index in [4.69, 9.17) is 13.6 Å². The third kappa shape index (κ3) is 6.89. The minimum Gasteiger partial charge on any atom is -0.415 e. The van der Waals surface area contributed by atoms with Gasteiger partial charge in [0, 0.05) is 18.2 Å². The molecule has 0 saturated carbocycles. The summed E-state index contributed by atoms with van der Waals surface area (Å²) in [6.07, 6.45) is 0.960. The van der Waals surface area contributed by atoms with Crippen molar-refractivity contribution in [3.8, 4) is 11.8 Å². The summed E-state index contributed by atoms with van der Waals surface area (Å²) in [5, 5.41) is 0. The van der Waals surface area contributed by atoms with Crippen molar-refractivity contribution in [1.29, 1.82) is 0 Å². The van der Waals surface area contributed by atoms with E-state index >= 15 is 0 Å². The van der Waals surface area contributed by atoms with Crippen LogP contribution in [0.15, 0.2) is 46.1 Å². The summed E-state index contributed by atoms with van der Waals surface area (Å²) in [6.45, 7) is 13.2. The van der Waals surface area contributed by atoms with Crippen molar-refractivity contribution in [3.63, 3.8) is 0 Å². The molecule has 3 atom stereocenters. The molecule has 1 aliphatic rings. The zero-order valence-corrected chi connectivity index (χ0v) is 21.6. The van der Waals surface area contributed by atoms with Crippen molar-refractivity contribution in [3.05, 3.63) is 68.5 Å². The zero-order chi connectivity index (χ0) is 23.5. The Balaban J connectivity index is 1.88. The van der Waals surface area contributed by atoms with Gasteiger partial charge in [0.2, 0.25) is 0 Å². The Morgan fingerprint density at radius 3 is 2.38 bits per heavy atom. The monoisotopic (exact) mass is 472 g/mol. The molecule has 172 valence electrons. The molecule has 0 bridgehead atoms. The molecule has 32 heavy (non-hydrogen) atoms. The predicted octanol–water partition coefficient (Wildman–Crippen LogP) is 3.30. The highest BCUT2D eigenvalue weighted by Crippen LogP contribution is 2.32. The minimum absolute atomic E-state index is 0.180. The van der Waals surface area contributed by atoms with Crippen molar-refractivity contribution in [2.45, 2.75) is 64.1 Å². The standard InChI is InChI=1S/C23H32N2O5Si2/c1-31(2,3)28-16-20-19(30-32(4,5)6)14-21(29-20)25-15-18(22(26)24-23(25)27)13-12-17-10-8-7-9-11-17/h7-11,15,19-21H,14,16H2,1-6H3,(H,24,26,27)/t19-,20+,21+/m0/s1. The molecule has 0 radical (unpaired) electrons. The third-order valence-electron chi connectivity index (χ3n) is 4.76. The molecule has 1 fully saturated rings. The quantitative estimate of drug-likeness (QED) is 0.515. The molecule has 1 aromatic carbocycles. The van der Waals surface area contributed by atoms with Crippen LogP contribution in [-0.4, -0.2) is 45.0 Å². The fourth-order valence-electron chi connectivity index (χ4n) is 3.38. The van der Waals surface area contributed by atoms with Crippen LogP contribution in [-0.2, 0) is 13.6 Å². The first-order valence-electron chi connectivity index (χ1n) is 10.8. The second-order valence-electron chi connectivity index (χ2n) is 9.88. The molecule has 0 spiro atoms. The van der Waals surface area contributed by atoms with Crippen LogP contribution in [0.3, 0.4) is 0 Å². The summed E-state index contributed by atoms with van der Waals surface area (Å²) in [7, 11) is -3.59. The fourth-order valence-corrected chi connectivity index (χ4v) is 5.20. The lowest BCUT2D eigenvalue weighted by atomic mass is 10.2. The highest BCUT2D eigenvalue weighted by Gasteiger charge is 2.40. The van der Waals surface area contributed by atoms with Crippen LogP contribution in [0.4, 0.5) is 0 Å². The van der Waals surface area contributed by atoms with E-state index < -0.39 is 34.1 Å². The molecule has 2 aromatic rings. The number of aromatic amines is 1. The van der Waals surface area contributed by atoms with Gasteiger partial charge < -0.3 is 13.6 Å². The van der Waals surface area contributed by atoms with E-state index in [-0.39, 0.29) is 17.8 Å². The van der Waals surface area contributed by atoms with E-state index in [0.717, 1.165) is 5.56 Å². The Labute approximate surface area is 191 Å². The summed E-state index contributed by atoms with van der Waals surface area (Å²) in [6, 6.07) is 9.38. The van der Waals surface area contributed by atoms with Crippen LogP contribution >= 0.6 is 0 Å². The smallest absolute Gasteiger partial charge is 0.330 e. The Morgan fingerprint density at radius 2 is 1.75 bits per heavy atom. The first-order chi connectivity index (χ1) is 14.9. The molecule has 0 amide bonds. The average Bonchev–Trinajstić information content (AvgIpc) is 3.06. The van der Waals surface area contributed by atoms with E-state index in [1.807, 2.05) is 30.3 Å². The number of hydrogen-bond acceptors (Lipinski definition) is 5. The van der Waals surface area contributed by atoms with Crippen LogP contribution in [0.2, 0.25) is 39.3 Å². The van der Waals surface area contributed by atoms with Crippen molar-refractivity contribution in [1.82, 2.24) is 9.55 Å². The zero-order valence-electron chi connectivity index (χ0n) is 19.6. The maximum absolute atomic E-state index is 12.6. The second-order valence-corrected chi connectivity index (χ2v) is 18.9. The fraction of sp³-hybridized carbons (Fsp3) is 0.478. The van der Waals surface area contributed by atoms with Gasteiger partial charge in [0.15, 0.2) is 16.6 Å². The van der Waals surface area contributed by atoms with E-state index in [0.29, 0.717) is 13.0 Å². The van der Waals surface area contributed by atoms with Gasteiger partial charge in [-0.15, -0.1) is 0 Å². The maximum Gasteiger partial charge on any atom is 0.330 e. The van der Waals surface area contributed by atoms with Crippen molar-refractivity contribution in [2.24, 2.45) is 0 Å². The van der Waals surface area contributed by atoms with Gasteiger partial charge in [-0.2, -0.15) is 0 Å². The lowest BCUT2D eigenvalue weighted by Gasteiger charge is -2.28. The van der Waals surface area contributed by atoms with Crippen LogP contribution in [0.5, 0.6) is 0 Å². The lowest BCUT2D eigenvalue weighted by molar-refractivity contribution is -0.0396. The Kier molecular flexibility index (Phi) is 7.42. The van der Waals surface area contributed by atoms with Crippen LogP contribution < -0.4 is 11.2 Å². The number of ether oxygens (including phenoxy) is 1. The summed E-state index contributed by atoms with van der Waals surface area (Å²) in [5.74, 6) is 5.84. The van der Waals surface area contributed by atoms with E-state index in [1.165, 1.54) is 10.8 Å². The van der Waals surface area contributed by atoms with Crippen LogP contribution in [0.25, 0.3) is 0 Å². The molecule has 1 saturated heterocycles.